The normalized spacial score (nSPS) is 11.1. The topological polar surface area (TPSA) is 98.5 Å². The van der Waals surface area contributed by atoms with Gasteiger partial charge in [0, 0.05) is 5.02 Å². The Kier molecular flexibility index (Phi) is 5.44. The number of hydrogen-bond donors (Lipinski definition) is 2. The summed E-state index contributed by atoms with van der Waals surface area (Å²) in [5.74, 6) is -0.940. The number of benzene rings is 1. The Balaban J connectivity index is 2.69. The lowest BCUT2D eigenvalue weighted by Gasteiger charge is -2.10. The number of ether oxygens (including phenoxy) is 1. The molecule has 0 radical (unpaired) electrons. The summed E-state index contributed by atoms with van der Waals surface area (Å²) in [5, 5.41) is 0.359. The van der Waals surface area contributed by atoms with Crippen LogP contribution in [0.25, 0.3) is 0 Å². The lowest BCUT2D eigenvalue weighted by Crippen LogP contribution is -2.20. The molecule has 1 aromatic carbocycles. The van der Waals surface area contributed by atoms with E-state index in [-0.39, 0.29) is 30.2 Å². The maximum atomic E-state index is 11.8. The minimum absolute atomic E-state index is 0.191. The molecule has 0 fully saturated rings. The molecule has 0 atom stereocenters. The van der Waals surface area contributed by atoms with Gasteiger partial charge in [-0.1, -0.05) is 11.6 Å². The molecule has 1 aromatic rings. The zero-order chi connectivity index (χ0) is 14.5. The smallest absolute Gasteiger partial charge is 0.306 e. The SMILES string of the molecule is CCOC(=O)CCS(=O)(=O)Nc1cc(Cl)ccc1N. The molecule has 0 aliphatic heterocycles. The lowest BCUT2D eigenvalue weighted by atomic mass is 10.3. The summed E-state index contributed by atoms with van der Waals surface area (Å²) in [5.41, 5.74) is 6.07. The van der Waals surface area contributed by atoms with Crippen LogP contribution in [-0.4, -0.2) is 26.7 Å². The van der Waals surface area contributed by atoms with Gasteiger partial charge in [-0.05, 0) is 25.1 Å². The summed E-state index contributed by atoms with van der Waals surface area (Å²) < 4.78 is 30.4. The molecule has 0 bridgehead atoms. The number of anilines is 2. The number of rotatable bonds is 6. The minimum atomic E-state index is -3.68. The highest BCUT2D eigenvalue weighted by Crippen LogP contribution is 2.24. The molecule has 0 aliphatic rings. The van der Waals surface area contributed by atoms with Gasteiger partial charge in [-0.2, -0.15) is 0 Å². The van der Waals surface area contributed by atoms with Crippen LogP contribution in [0.2, 0.25) is 5.02 Å². The monoisotopic (exact) mass is 306 g/mol. The van der Waals surface area contributed by atoms with Crippen LogP contribution >= 0.6 is 11.6 Å². The highest BCUT2D eigenvalue weighted by atomic mass is 35.5. The van der Waals surface area contributed by atoms with E-state index in [0.717, 1.165) is 0 Å². The van der Waals surface area contributed by atoms with Gasteiger partial charge in [0.1, 0.15) is 0 Å². The zero-order valence-corrected chi connectivity index (χ0v) is 11.9. The quantitative estimate of drug-likeness (QED) is 0.614. The molecule has 0 saturated heterocycles. The molecule has 8 heteroatoms. The highest BCUT2D eigenvalue weighted by Gasteiger charge is 2.15. The fourth-order valence-corrected chi connectivity index (χ4v) is 2.51. The van der Waals surface area contributed by atoms with Crippen molar-refractivity contribution in [3.8, 4) is 0 Å². The molecular weight excluding hydrogens is 292 g/mol. The van der Waals surface area contributed by atoms with Crippen molar-refractivity contribution in [2.75, 3.05) is 22.8 Å². The van der Waals surface area contributed by atoms with Crippen molar-refractivity contribution in [3.63, 3.8) is 0 Å². The molecule has 0 heterocycles. The second-order valence-electron chi connectivity index (χ2n) is 3.71. The Morgan fingerprint density at radius 1 is 1.47 bits per heavy atom. The number of sulfonamides is 1. The van der Waals surface area contributed by atoms with Gasteiger partial charge in [0.05, 0.1) is 30.2 Å². The van der Waals surface area contributed by atoms with Gasteiger partial charge in [0.2, 0.25) is 10.0 Å². The number of nitrogen functional groups attached to an aromatic ring is 1. The average Bonchev–Trinajstić information content (AvgIpc) is 2.32. The maximum Gasteiger partial charge on any atom is 0.306 e. The maximum absolute atomic E-state index is 11.8. The number of carbonyl (C=O) groups excluding carboxylic acids is 1. The fourth-order valence-electron chi connectivity index (χ4n) is 1.29. The zero-order valence-electron chi connectivity index (χ0n) is 10.3. The van der Waals surface area contributed by atoms with Crippen LogP contribution in [0.1, 0.15) is 13.3 Å². The Morgan fingerprint density at radius 2 is 2.16 bits per heavy atom. The first-order chi connectivity index (χ1) is 8.84. The number of hydrogen-bond acceptors (Lipinski definition) is 5. The average molecular weight is 307 g/mol. The minimum Gasteiger partial charge on any atom is -0.466 e. The van der Waals surface area contributed by atoms with Crippen molar-refractivity contribution in [2.45, 2.75) is 13.3 Å². The van der Waals surface area contributed by atoms with E-state index in [1.807, 2.05) is 0 Å². The summed E-state index contributed by atoms with van der Waals surface area (Å²) in [6.07, 6.45) is -0.219. The standard InChI is InChI=1S/C11H15ClN2O4S/c1-2-18-11(15)5-6-19(16,17)14-10-7-8(12)3-4-9(10)13/h3-4,7,14H,2,5-6,13H2,1H3. The van der Waals surface area contributed by atoms with E-state index >= 15 is 0 Å². The van der Waals surface area contributed by atoms with E-state index in [1.54, 1.807) is 13.0 Å². The third-order valence-electron chi connectivity index (χ3n) is 2.16. The predicted molar refractivity (Wildman–Crippen MR) is 74.5 cm³/mol. The summed E-state index contributed by atoms with van der Waals surface area (Å²) in [6, 6.07) is 4.44. The van der Waals surface area contributed by atoms with Gasteiger partial charge < -0.3 is 10.5 Å². The lowest BCUT2D eigenvalue weighted by molar-refractivity contribution is -0.142. The van der Waals surface area contributed by atoms with Crippen LogP contribution in [0, 0.1) is 0 Å². The van der Waals surface area contributed by atoms with Gasteiger partial charge in [-0.3, -0.25) is 9.52 Å². The molecule has 6 nitrogen and oxygen atoms in total. The first-order valence-electron chi connectivity index (χ1n) is 5.55. The van der Waals surface area contributed by atoms with Gasteiger partial charge in [0.15, 0.2) is 0 Å². The molecule has 106 valence electrons. The predicted octanol–water partition coefficient (Wildman–Crippen LogP) is 1.62. The Morgan fingerprint density at radius 3 is 2.79 bits per heavy atom. The molecule has 0 amide bonds. The van der Waals surface area contributed by atoms with E-state index < -0.39 is 16.0 Å². The molecular formula is C11H15ClN2O4S. The molecule has 19 heavy (non-hydrogen) atoms. The van der Waals surface area contributed by atoms with Crippen LogP contribution in [0.15, 0.2) is 18.2 Å². The molecule has 0 spiro atoms. The van der Waals surface area contributed by atoms with Crippen molar-refractivity contribution in [1.29, 1.82) is 0 Å². The number of nitrogens with two attached hydrogens (primary N) is 1. The molecule has 0 unspecified atom stereocenters. The van der Waals surface area contributed by atoms with E-state index in [0.29, 0.717) is 5.02 Å². The van der Waals surface area contributed by atoms with Crippen LogP contribution in [0.4, 0.5) is 11.4 Å². The molecule has 0 aromatic heterocycles. The van der Waals surface area contributed by atoms with Gasteiger partial charge in [-0.15, -0.1) is 0 Å². The second kappa shape index (κ2) is 6.63. The number of nitrogens with one attached hydrogen (secondary N) is 1. The Labute approximate surface area is 116 Å². The van der Waals surface area contributed by atoms with Gasteiger partial charge in [0.25, 0.3) is 0 Å². The Bertz CT molecular complexity index is 560. The van der Waals surface area contributed by atoms with E-state index in [9.17, 15) is 13.2 Å². The van der Waals surface area contributed by atoms with Crippen LogP contribution < -0.4 is 10.5 Å². The first-order valence-corrected chi connectivity index (χ1v) is 7.58. The van der Waals surface area contributed by atoms with Crippen molar-refractivity contribution in [1.82, 2.24) is 0 Å². The first kappa shape index (κ1) is 15.6. The third-order valence-corrected chi connectivity index (χ3v) is 3.67. The fraction of sp³-hybridized carbons (Fsp3) is 0.364. The Hall–Kier alpha value is -1.47. The highest BCUT2D eigenvalue weighted by molar-refractivity contribution is 7.92. The van der Waals surface area contributed by atoms with Crippen molar-refractivity contribution in [3.05, 3.63) is 23.2 Å². The summed E-state index contributed by atoms with van der Waals surface area (Å²) in [7, 11) is -3.68. The molecule has 0 saturated carbocycles. The van der Waals surface area contributed by atoms with Crippen LogP contribution in [-0.2, 0) is 19.6 Å². The van der Waals surface area contributed by atoms with E-state index in [4.69, 9.17) is 17.3 Å². The second-order valence-corrected chi connectivity index (χ2v) is 5.99. The van der Waals surface area contributed by atoms with Crippen molar-refractivity contribution >= 4 is 39.0 Å². The van der Waals surface area contributed by atoms with Crippen molar-refractivity contribution < 1.29 is 17.9 Å². The molecule has 1 rings (SSSR count). The van der Waals surface area contributed by atoms with Gasteiger partial charge in [-0.25, -0.2) is 8.42 Å². The molecule has 3 N–H and O–H groups in total. The van der Waals surface area contributed by atoms with Crippen LogP contribution in [0.3, 0.4) is 0 Å². The number of carbonyl (C=O) groups is 1. The third kappa shape index (κ3) is 5.35. The van der Waals surface area contributed by atoms with E-state index in [1.165, 1.54) is 12.1 Å². The van der Waals surface area contributed by atoms with Crippen LogP contribution in [0.5, 0.6) is 0 Å². The van der Waals surface area contributed by atoms with Crippen molar-refractivity contribution in [2.24, 2.45) is 0 Å². The largest absolute Gasteiger partial charge is 0.466 e. The summed E-state index contributed by atoms with van der Waals surface area (Å²) >= 11 is 5.75. The van der Waals surface area contributed by atoms with Gasteiger partial charge >= 0.3 is 5.97 Å². The number of esters is 1. The molecule has 0 aliphatic carbocycles. The summed E-state index contributed by atoms with van der Waals surface area (Å²) in [4.78, 5) is 11.1. The number of halogens is 1. The summed E-state index contributed by atoms with van der Waals surface area (Å²) in [6.45, 7) is 1.87. The van der Waals surface area contributed by atoms with E-state index in [2.05, 4.69) is 9.46 Å².